The minimum absolute atomic E-state index is 0.381. The summed E-state index contributed by atoms with van der Waals surface area (Å²) in [4.78, 5) is 13.9. The molecule has 0 saturated carbocycles. The van der Waals surface area contributed by atoms with Crippen LogP contribution in [0.25, 0.3) is 0 Å². The second kappa shape index (κ2) is 6.31. The molecule has 0 radical (unpaired) electrons. The Hall–Kier alpha value is -2.49. The number of nitrogens with zero attached hydrogens (tertiary/aromatic N) is 1. The molecule has 0 fully saturated rings. The molecule has 4 nitrogen and oxygen atoms in total. The lowest BCUT2D eigenvalue weighted by Crippen LogP contribution is -2.20. The summed E-state index contributed by atoms with van der Waals surface area (Å²) in [5.41, 5.74) is 9.99. The standard InChI is InChI=1S/C17H20N2O2/c1-12-5-4-6-13(9-12)11-19(2)16-8-7-14(18)10-15(16)17(20)21-3/h4-10H,11,18H2,1-3H3. The molecule has 2 N–H and O–H groups in total. The molecule has 0 spiro atoms. The molecule has 0 saturated heterocycles. The topological polar surface area (TPSA) is 55.6 Å². The summed E-state index contributed by atoms with van der Waals surface area (Å²) >= 11 is 0. The first-order valence-electron chi connectivity index (χ1n) is 6.76. The first-order valence-corrected chi connectivity index (χ1v) is 6.76. The number of nitrogen functional groups attached to an aromatic ring is 1. The van der Waals surface area contributed by atoms with Gasteiger partial charge in [-0.3, -0.25) is 0 Å². The van der Waals surface area contributed by atoms with Gasteiger partial charge in [0.1, 0.15) is 0 Å². The van der Waals surface area contributed by atoms with E-state index in [4.69, 9.17) is 10.5 Å². The van der Waals surface area contributed by atoms with E-state index >= 15 is 0 Å². The van der Waals surface area contributed by atoms with E-state index in [0.29, 0.717) is 17.8 Å². The van der Waals surface area contributed by atoms with Crippen molar-refractivity contribution in [2.24, 2.45) is 0 Å². The average Bonchev–Trinajstić information content (AvgIpc) is 2.46. The zero-order valence-corrected chi connectivity index (χ0v) is 12.6. The van der Waals surface area contributed by atoms with Crippen LogP contribution in [0, 0.1) is 6.92 Å². The lowest BCUT2D eigenvalue weighted by atomic mass is 10.1. The predicted molar refractivity (Wildman–Crippen MR) is 85.5 cm³/mol. The summed E-state index contributed by atoms with van der Waals surface area (Å²) in [6.07, 6.45) is 0. The van der Waals surface area contributed by atoms with E-state index in [1.165, 1.54) is 18.2 Å². The molecule has 0 aliphatic heterocycles. The zero-order valence-electron chi connectivity index (χ0n) is 12.6. The summed E-state index contributed by atoms with van der Waals surface area (Å²) in [6, 6.07) is 13.6. The van der Waals surface area contributed by atoms with Gasteiger partial charge in [-0.05, 0) is 30.7 Å². The molecule has 0 aliphatic carbocycles. The molecular formula is C17H20N2O2. The lowest BCUT2D eigenvalue weighted by molar-refractivity contribution is 0.0601. The van der Waals surface area contributed by atoms with Gasteiger partial charge in [0.2, 0.25) is 0 Å². The number of anilines is 2. The average molecular weight is 284 g/mol. The number of aryl methyl sites for hydroxylation is 1. The van der Waals surface area contributed by atoms with Crippen LogP contribution in [0.3, 0.4) is 0 Å². The number of carbonyl (C=O) groups excluding carboxylic acids is 1. The fourth-order valence-electron chi connectivity index (χ4n) is 2.33. The van der Waals surface area contributed by atoms with Gasteiger partial charge in [0, 0.05) is 19.3 Å². The molecule has 0 amide bonds. The van der Waals surface area contributed by atoms with Crippen molar-refractivity contribution in [2.75, 3.05) is 24.8 Å². The Morgan fingerprint density at radius 1 is 1.24 bits per heavy atom. The highest BCUT2D eigenvalue weighted by Gasteiger charge is 2.15. The summed E-state index contributed by atoms with van der Waals surface area (Å²) in [5, 5.41) is 0. The Labute approximate surface area is 125 Å². The number of methoxy groups -OCH3 is 1. The third kappa shape index (κ3) is 3.54. The van der Waals surface area contributed by atoms with Crippen molar-refractivity contribution in [2.45, 2.75) is 13.5 Å². The number of esters is 1. The van der Waals surface area contributed by atoms with Gasteiger partial charge < -0.3 is 15.4 Å². The van der Waals surface area contributed by atoms with Gasteiger partial charge in [0.15, 0.2) is 0 Å². The highest BCUT2D eigenvalue weighted by molar-refractivity contribution is 5.96. The van der Waals surface area contributed by atoms with Crippen LogP contribution in [-0.2, 0) is 11.3 Å². The summed E-state index contributed by atoms with van der Waals surface area (Å²) in [6.45, 7) is 2.77. The Kier molecular flexibility index (Phi) is 4.48. The van der Waals surface area contributed by atoms with Crippen LogP contribution in [0.15, 0.2) is 42.5 Å². The summed E-state index contributed by atoms with van der Waals surface area (Å²) in [7, 11) is 3.32. The lowest BCUT2D eigenvalue weighted by Gasteiger charge is -2.22. The fraction of sp³-hybridized carbons (Fsp3) is 0.235. The molecule has 0 heterocycles. The number of carbonyl (C=O) groups is 1. The predicted octanol–water partition coefficient (Wildman–Crippen LogP) is 3.00. The van der Waals surface area contributed by atoms with Crippen LogP contribution in [0.5, 0.6) is 0 Å². The molecule has 0 atom stereocenters. The number of hydrogen-bond donors (Lipinski definition) is 1. The third-order valence-corrected chi connectivity index (χ3v) is 3.34. The molecule has 2 aromatic rings. The molecule has 0 aromatic heterocycles. The quantitative estimate of drug-likeness (QED) is 0.692. The van der Waals surface area contributed by atoms with E-state index in [0.717, 1.165) is 5.69 Å². The number of benzene rings is 2. The first kappa shape index (κ1) is 14.9. The summed E-state index contributed by atoms with van der Waals surface area (Å²) < 4.78 is 4.83. The minimum atomic E-state index is -0.381. The summed E-state index contributed by atoms with van der Waals surface area (Å²) in [5.74, 6) is -0.381. The van der Waals surface area contributed by atoms with Crippen LogP contribution >= 0.6 is 0 Å². The second-order valence-corrected chi connectivity index (χ2v) is 5.11. The normalized spacial score (nSPS) is 10.2. The van der Waals surface area contributed by atoms with Gasteiger partial charge in [-0.15, -0.1) is 0 Å². The number of nitrogens with two attached hydrogens (primary N) is 1. The van der Waals surface area contributed by atoms with Crippen molar-refractivity contribution in [3.8, 4) is 0 Å². The van der Waals surface area contributed by atoms with Crippen LogP contribution in [-0.4, -0.2) is 20.1 Å². The van der Waals surface area contributed by atoms with Gasteiger partial charge in [-0.2, -0.15) is 0 Å². The van der Waals surface area contributed by atoms with E-state index in [2.05, 4.69) is 25.1 Å². The van der Waals surface area contributed by atoms with Crippen LogP contribution in [0.1, 0.15) is 21.5 Å². The minimum Gasteiger partial charge on any atom is -0.465 e. The van der Waals surface area contributed by atoms with E-state index < -0.39 is 0 Å². The molecule has 0 bridgehead atoms. The Morgan fingerprint density at radius 2 is 2.00 bits per heavy atom. The Bertz CT molecular complexity index is 653. The van der Waals surface area contributed by atoms with Crippen molar-refractivity contribution >= 4 is 17.3 Å². The van der Waals surface area contributed by atoms with Crippen LogP contribution < -0.4 is 10.6 Å². The molecule has 0 unspecified atom stereocenters. The van der Waals surface area contributed by atoms with Crippen molar-refractivity contribution in [3.05, 3.63) is 59.2 Å². The zero-order chi connectivity index (χ0) is 15.4. The van der Waals surface area contributed by atoms with Crippen molar-refractivity contribution in [1.82, 2.24) is 0 Å². The molecular weight excluding hydrogens is 264 g/mol. The second-order valence-electron chi connectivity index (χ2n) is 5.11. The Morgan fingerprint density at radius 3 is 2.67 bits per heavy atom. The van der Waals surface area contributed by atoms with Gasteiger partial charge in [0.25, 0.3) is 0 Å². The first-order chi connectivity index (χ1) is 10.0. The van der Waals surface area contributed by atoms with Gasteiger partial charge in [-0.25, -0.2) is 4.79 Å². The third-order valence-electron chi connectivity index (χ3n) is 3.34. The van der Waals surface area contributed by atoms with Crippen molar-refractivity contribution in [3.63, 3.8) is 0 Å². The smallest absolute Gasteiger partial charge is 0.340 e. The van der Waals surface area contributed by atoms with Gasteiger partial charge in [0.05, 0.1) is 18.4 Å². The van der Waals surface area contributed by atoms with Gasteiger partial charge >= 0.3 is 5.97 Å². The number of rotatable bonds is 4. The fourth-order valence-corrected chi connectivity index (χ4v) is 2.33. The maximum atomic E-state index is 11.9. The highest BCUT2D eigenvalue weighted by Crippen LogP contribution is 2.24. The van der Waals surface area contributed by atoms with Crippen molar-refractivity contribution < 1.29 is 9.53 Å². The molecule has 2 rings (SSSR count). The van der Waals surface area contributed by atoms with E-state index in [9.17, 15) is 4.79 Å². The molecule has 110 valence electrons. The molecule has 2 aromatic carbocycles. The van der Waals surface area contributed by atoms with E-state index in [1.54, 1.807) is 12.1 Å². The maximum absolute atomic E-state index is 11.9. The van der Waals surface area contributed by atoms with Crippen LogP contribution in [0.2, 0.25) is 0 Å². The Balaban J connectivity index is 2.30. The molecule has 21 heavy (non-hydrogen) atoms. The number of hydrogen-bond acceptors (Lipinski definition) is 4. The highest BCUT2D eigenvalue weighted by atomic mass is 16.5. The van der Waals surface area contributed by atoms with Crippen molar-refractivity contribution in [1.29, 1.82) is 0 Å². The van der Waals surface area contributed by atoms with Crippen LogP contribution in [0.4, 0.5) is 11.4 Å². The molecule has 4 heteroatoms. The monoisotopic (exact) mass is 284 g/mol. The maximum Gasteiger partial charge on any atom is 0.340 e. The van der Waals surface area contributed by atoms with Gasteiger partial charge in [-0.1, -0.05) is 29.8 Å². The number of ether oxygens (including phenoxy) is 1. The van der Waals surface area contributed by atoms with E-state index in [1.807, 2.05) is 24.1 Å². The molecule has 0 aliphatic rings. The SMILES string of the molecule is COC(=O)c1cc(N)ccc1N(C)Cc1cccc(C)c1. The largest absolute Gasteiger partial charge is 0.465 e. The van der Waals surface area contributed by atoms with E-state index in [-0.39, 0.29) is 5.97 Å².